The Hall–Kier alpha value is -0.570. The summed E-state index contributed by atoms with van der Waals surface area (Å²) in [5, 5.41) is 4.86. The average Bonchev–Trinajstić information content (AvgIpc) is 2.15. The molecule has 0 fully saturated rings. The van der Waals surface area contributed by atoms with Gasteiger partial charge in [0, 0.05) is 16.9 Å². The zero-order valence-corrected chi connectivity index (χ0v) is 11.6. The average molecular weight is 295 g/mol. The molecule has 5 nitrogen and oxygen atoms in total. The fourth-order valence-electron chi connectivity index (χ4n) is 1.14. The van der Waals surface area contributed by atoms with E-state index in [1.807, 2.05) is 0 Å². The lowest BCUT2D eigenvalue weighted by atomic mass is 10.4. The summed E-state index contributed by atoms with van der Waals surface area (Å²) < 4.78 is 44.4. The monoisotopic (exact) mass is 295 g/mol. The third kappa shape index (κ3) is 5.07. The van der Waals surface area contributed by atoms with Crippen molar-refractivity contribution in [2.45, 2.75) is 9.79 Å². The first-order valence-electron chi connectivity index (χ1n) is 4.62. The van der Waals surface area contributed by atoms with E-state index in [0.29, 0.717) is 4.90 Å². The molecule has 0 saturated heterocycles. The summed E-state index contributed by atoms with van der Waals surface area (Å²) in [7, 11) is -6.81. The van der Waals surface area contributed by atoms with Gasteiger partial charge in [-0.05, 0) is 12.1 Å². The highest BCUT2D eigenvalue weighted by Gasteiger charge is 2.13. The van der Waals surface area contributed by atoms with Crippen LogP contribution in [0.15, 0.2) is 34.1 Å². The SMILES string of the molecule is CS(=O)(=O)c1ccccc1SCCS(N)(=O)=O. The third-order valence-corrected chi connectivity index (χ3v) is 5.27. The maximum atomic E-state index is 11.5. The van der Waals surface area contributed by atoms with E-state index < -0.39 is 19.9 Å². The van der Waals surface area contributed by atoms with Gasteiger partial charge in [-0.3, -0.25) is 0 Å². The number of sulfonamides is 1. The normalized spacial score (nSPS) is 12.6. The number of primary sulfonamides is 1. The number of sulfone groups is 1. The number of hydrogen-bond acceptors (Lipinski definition) is 5. The molecule has 0 aromatic heterocycles. The molecule has 2 N–H and O–H groups in total. The Morgan fingerprint density at radius 2 is 1.76 bits per heavy atom. The van der Waals surface area contributed by atoms with Gasteiger partial charge in [-0.2, -0.15) is 0 Å². The second-order valence-electron chi connectivity index (χ2n) is 3.43. The molecule has 0 spiro atoms. The first kappa shape index (κ1) is 14.5. The Labute approximate surface area is 105 Å². The van der Waals surface area contributed by atoms with E-state index in [2.05, 4.69) is 0 Å². The van der Waals surface area contributed by atoms with Crippen molar-refractivity contribution < 1.29 is 16.8 Å². The second-order valence-corrected chi connectivity index (χ2v) is 8.29. The highest BCUT2D eigenvalue weighted by Crippen LogP contribution is 2.26. The molecule has 1 aromatic carbocycles. The van der Waals surface area contributed by atoms with Crippen molar-refractivity contribution in [2.24, 2.45) is 5.14 Å². The van der Waals surface area contributed by atoms with Crippen LogP contribution in [-0.2, 0) is 19.9 Å². The first-order chi connectivity index (χ1) is 7.70. The van der Waals surface area contributed by atoms with Gasteiger partial charge < -0.3 is 0 Å². The Morgan fingerprint density at radius 3 is 2.29 bits per heavy atom. The molecule has 0 radical (unpaired) electrons. The quantitative estimate of drug-likeness (QED) is 0.797. The molecule has 1 rings (SSSR count). The Kier molecular flexibility index (Phi) is 4.59. The van der Waals surface area contributed by atoms with Gasteiger partial charge in [0.1, 0.15) is 0 Å². The van der Waals surface area contributed by atoms with Crippen molar-refractivity contribution in [3.05, 3.63) is 24.3 Å². The summed E-state index contributed by atoms with van der Waals surface area (Å²) in [4.78, 5) is 0.748. The van der Waals surface area contributed by atoms with E-state index in [1.165, 1.54) is 6.07 Å². The van der Waals surface area contributed by atoms with Gasteiger partial charge in [0.25, 0.3) is 0 Å². The highest BCUT2D eigenvalue weighted by molar-refractivity contribution is 8.01. The van der Waals surface area contributed by atoms with Gasteiger partial charge in [-0.1, -0.05) is 12.1 Å². The molecule has 0 bridgehead atoms. The first-order valence-corrected chi connectivity index (χ1v) is 9.22. The maximum Gasteiger partial charge on any atom is 0.209 e. The van der Waals surface area contributed by atoms with Gasteiger partial charge in [0.2, 0.25) is 10.0 Å². The lowest BCUT2D eigenvalue weighted by Crippen LogP contribution is -2.17. The summed E-state index contributed by atoms with van der Waals surface area (Å²) in [6, 6.07) is 6.47. The smallest absolute Gasteiger partial charge is 0.209 e. The van der Waals surface area contributed by atoms with E-state index in [-0.39, 0.29) is 16.4 Å². The van der Waals surface area contributed by atoms with Gasteiger partial charge in [0.15, 0.2) is 9.84 Å². The largest absolute Gasteiger partial charge is 0.229 e. The molecular formula is C9H13NO4S3. The number of rotatable bonds is 5. The minimum Gasteiger partial charge on any atom is -0.229 e. The Morgan fingerprint density at radius 1 is 1.18 bits per heavy atom. The third-order valence-electron chi connectivity index (χ3n) is 1.87. The van der Waals surface area contributed by atoms with Crippen molar-refractivity contribution in [3.8, 4) is 0 Å². The molecule has 0 heterocycles. The van der Waals surface area contributed by atoms with Crippen molar-refractivity contribution in [3.63, 3.8) is 0 Å². The zero-order chi connectivity index (χ0) is 13.1. The molecule has 0 unspecified atom stereocenters. The van der Waals surface area contributed by atoms with Crippen molar-refractivity contribution in [2.75, 3.05) is 17.8 Å². The number of hydrogen-bond donors (Lipinski definition) is 1. The molecule has 1 aromatic rings. The highest BCUT2D eigenvalue weighted by atomic mass is 32.2. The van der Waals surface area contributed by atoms with Crippen LogP contribution in [0.4, 0.5) is 0 Å². The van der Waals surface area contributed by atoms with Crippen molar-refractivity contribution >= 4 is 31.6 Å². The Balaban J connectivity index is 2.86. The summed E-state index contributed by atoms with van der Waals surface area (Å²) in [5.74, 6) is 0.0428. The molecule has 0 amide bonds. The van der Waals surface area contributed by atoms with Gasteiger partial charge in [-0.15, -0.1) is 11.8 Å². The van der Waals surface area contributed by atoms with Crippen LogP contribution in [-0.4, -0.2) is 34.6 Å². The van der Waals surface area contributed by atoms with Crippen LogP contribution in [0.5, 0.6) is 0 Å². The summed E-state index contributed by atoms with van der Waals surface area (Å²) >= 11 is 1.16. The van der Waals surface area contributed by atoms with Crippen molar-refractivity contribution in [1.82, 2.24) is 0 Å². The lowest BCUT2D eigenvalue weighted by Gasteiger charge is -2.06. The summed E-state index contributed by atoms with van der Waals surface area (Å²) in [5.41, 5.74) is 0. The van der Waals surface area contributed by atoms with E-state index in [1.54, 1.807) is 18.2 Å². The van der Waals surface area contributed by atoms with Crippen LogP contribution < -0.4 is 5.14 Å². The molecule has 0 aliphatic rings. The van der Waals surface area contributed by atoms with Crippen LogP contribution in [0.25, 0.3) is 0 Å². The topological polar surface area (TPSA) is 94.3 Å². The van der Waals surface area contributed by atoms with Crippen LogP contribution in [0.1, 0.15) is 0 Å². The number of thioether (sulfide) groups is 1. The zero-order valence-electron chi connectivity index (χ0n) is 9.16. The van der Waals surface area contributed by atoms with Gasteiger partial charge in [0.05, 0.1) is 10.6 Å². The Bertz CT molecular complexity index is 592. The molecule has 17 heavy (non-hydrogen) atoms. The fourth-order valence-corrected chi connectivity index (χ4v) is 4.40. The summed E-state index contributed by atoms with van der Waals surface area (Å²) in [6.45, 7) is 0. The molecule has 0 aliphatic carbocycles. The second kappa shape index (κ2) is 5.38. The van der Waals surface area contributed by atoms with E-state index in [9.17, 15) is 16.8 Å². The van der Waals surface area contributed by atoms with Crippen LogP contribution in [0.2, 0.25) is 0 Å². The van der Waals surface area contributed by atoms with Gasteiger partial charge >= 0.3 is 0 Å². The van der Waals surface area contributed by atoms with E-state index >= 15 is 0 Å². The van der Waals surface area contributed by atoms with E-state index in [0.717, 1.165) is 18.0 Å². The molecular weight excluding hydrogens is 282 g/mol. The molecule has 0 saturated carbocycles. The minimum absolute atomic E-state index is 0.185. The minimum atomic E-state index is -3.51. The molecule has 0 aliphatic heterocycles. The standard InChI is InChI=1S/C9H13NO4S3/c1-16(11,12)9-5-3-2-4-8(9)15-6-7-17(10,13)14/h2-5H,6-7H2,1H3,(H2,10,13,14). The van der Waals surface area contributed by atoms with Gasteiger partial charge in [-0.25, -0.2) is 22.0 Å². The summed E-state index contributed by atoms with van der Waals surface area (Å²) in [6.07, 6.45) is 1.12. The van der Waals surface area contributed by atoms with Crippen molar-refractivity contribution in [1.29, 1.82) is 0 Å². The van der Waals surface area contributed by atoms with Crippen LogP contribution in [0.3, 0.4) is 0 Å². The van der Waals surface area contributed by atoms with Crippen LogP contribution in [0, 0.1) is 0 Å². The van der Waals surface area contributed by atoms with Crippen LogP contribution >= 0.6 is 11.8 Å². The predicted octanol–water partition coefficient (Wildman–Crippen LogP) is 0.471. The number of benzene rings is 1. The molecule has 0 atom stereocenters. The predicted molar refractivity (Wildman–Crippen MR) is 68.3 cm³/mol. The molecule has 96 valence electrons. The fraction of sp³-hybridized carbons (Fsp3) is 0.333. The maximum absolute atomic E-state index is 11.5. The number of nitrogens with two attached hydrogens (primary N) is 1. The lowest BCUT2D eigenvalue weighted by molar-refractivity contribution is 0.598. The van der Waals surface area contributed by atoms with E-state index in [4.69, 9.17) is 5.14 Å². The molecule has 8 heteroatoms.